The smallest absolute Gasteiger partial charge is 0.403 e. The van der Waals surface area contributed by atoms with Gasteiger partial charge in [-0.2, -0.15) is 23.5 Å². The van der Waals surface area contributed by atoms with Gasteiger partial charge in [0.05, 0.1) is 29.9 Å². The number of carbonyl (C=O) groups is 1. The molecule has 0 spiro atoms. The lowest BCUT2D eigenvalue weighted by atomic mass is 9.85. The van der Waals surface area contributed by atoms with Crippen LogP contribution in [-0.2, 0) is 10.3 Å². The molecule has 0 aromatic carbocycles. The highest BCUT2D eigenvalue weighted by Gasteiger charge is 2.70. The summed E-state index contributed by atoms with van der Waals surface area (Å²) >= 11 is 0. The van der Waals surface area contributed by atoms with Crippen LogP contribution < -0.4 is 5.73 Å². The SMILES string of the molecule is CN=CC(=CN)c1cc2nccn2c(-c2cnn(C3(CC#N)CN(C(=O)C4(C(F)(F)F)CC4)C3)c2)n1. The minimum atomic E-state index is -4.58. The van der Waals surface area contributed by atoms with Crippen molar-refractivity contribution in [2.75, 3.05) is 20.1 Å². The Morgan fingerprint density at radius 1 is 1.36 bits per heavy atom. The molecule has 5 rings (SSSR count). The summed E-state index contributed by atoms with van der Waals surface area (Å²) in [5.74, 6) is -0.424. The molecular formula is C23H22F3N9O. The van der Waals surface area contributed by atoms with E-state index in [1.54, 1.807) is 53.2 Å². The fourth-order valence-electron chi connectivity index (χ4n) is 4.65. The number of nitrogens with two attached hydrogens (primary N) is 1. The van der Waals surface area contributed by atoms with Gasteiger partial charge >= 0.3 is 6.18 Å². The molecule has 186 valence electrons. The van der Waals surface area contributed by atoms with Gasteiger partial charge in [-0.1, -0.05) is 0 Å². The Hall–Kier alpha value is -4.21. The zero-order valence-corrected chi connectivity index (χ0v) is 19.3. The number of aromatic nitrogens is 5. The van der Waals surface area contributed by atoms with Crippen molar-refractivity contribution in [1.82, 2.24) is 29.0 Å². The maximum atomic E-state index is 13.4. The molecule has 0 bridgehead atoms. The highest BCUT2D eigenvalue weighted by molar-refractivity contribution is 6.09. The summed E-state index contributed by atoms with van der Waals surface area (Å²) in [6.45, 7) is -0.0569. The number of likely N-dealkylation sites (tertiary alicyclic amines) is 1. The highest BCUT2D eigenvalue weighted by atomic mass is 19.4. The van der Waals surface area contributed by atoms with Crippen LogP contribution in [0.3, 0.4) is 0 Å². The third-order valence-corrected chi connectivity index (χ3v) is 6.83. The molecule has 36 heavy (non-hydrogen) atoms. The van der Waals surface area contributed by atoms with E-state index >= 15 is 0 Å². The van der Waals surface area contributed by atoms with Gasteiger partial charge in [0.1, 0.15) is 22.4 Å². The van der Waals surface area contributed by atoms with Gasteiger partial charge in [0.25, 0.3) is 0 Å². The van der Waals surface area contributed by atoms with Gasteiger partial charge in [-0.3, -0.25) is 18.9 Å². The molecule has 1 amide bonds. The normalized spacial score (nSPS) is 18.9. The lowest BCUT2D eigenvalue weighted by Gasteiger charge is -2.50. The fourth-order valence-corrected chi connectivity index (χ4v) is 4.65. The van der Waals surface area contributed by atoms with E-state index in [0.717, 1.165) is 0 Å². The molecule has 4 heterocycles. The van der Waals surface area contributed by atoms with Crippen LogP contribution in [0, 0.1) is 16.7 Å². The van der Waals surface area contributed by atoms with Gasteiger partial charge in [-0.15, -0.1) is 0 Å². The average Bonchev–Trinajstić information content (AvgIpc) is 3.28. The van der Waals surface area contributed by atoms with Crippen LogP contribution in [0.4, 0.5) is 13.2 Å². The second kappa shape index (κ2) is 8.18. The number of nitriles is 1. The summed E-state index contributed by atoms with van der Waals surface area (Å²) in [6, 6.07) is 3.84. The molecule has 10 nitrogen and oxygen atoms in total. The van der Waals surface area contributed by atoms with Crippen LogP contribution >= 0.6 is 0 Å². The predicted octanol–water partition coefficient (Wildman–Crippen LogP) is 2.39. The molecule has 0 unspecified atom stereocenters. The minimum absolute atomic E-state index is 0.0160. The van der Waals surface area contributed by atoms with Crippen LogP contribution in [0.2, 0.25) is 0 Å². The van der Waals surface area contributed by atoms with E-state index in [1.165, 1.54) is 11.1 Å². The van der Waals surface area contributed by atoms with E-state index in [4.69, 9.17) is 10.7 Å². The Morgan fingerprint density at radius 2 is 2.11 bits per heavy atom. The number of amides is 1. The van der Waals surface area contributed by atoms with Crippen molar-refractivity contribution in [3.8, 4) is 17.5 Å². The molecule has 3 aromatic rings. The monoisotopic (exact) mass is 497 g/mol. The number of fused-ring (bicyclic) bond motifs is 1. The first-order valence-electron chi connectivity index (χ1n) is 11.2. The van der Waals surface area contributed by atoms with Crippen molar-refractivity contribution in [2.45, 2.75) is 31.0 Å². The van der Waals surface area contributed by atoms with Crippen molar-refractivity contribution in [1.29, 1.82) is 5.26 Å². The van der Waals surface area contributed by atoms with Gasteiger partial charge in [0.15, 0.2) is 0 Å². The minimum Gasteiger partial charge on any atom is -0.404 e. The second-order valence-corrected chi connectivity index (χ2v) is 9.10. The third-order valence-electron chi connectivity index (χ3n) is 6.83. The number of halogens is 3. The Kier molecular flexibility index (Phi) is 5.35. The van der Waals surface area contributed by atoms with E-state index in [0.29, 0.717) is 28.3 Å². The number of hydrogen-bond donors (Lipinski definition) is 1. The molecule has 2 aliphatic rings. The quantitative estimate of drug-likeness (QED) is 0.521. The van der Waals surface area contributed by atoms with E-state index in [9.17, 15) is 23.2 Å². The van der Waals surface area contributed by atoms with Crippen molar-refractivity contribution >= 4 is 23.3 Å². The van der Waals surface area contributed by atoms with E-state index in [2.05, 4.69) is 21.1 Å². The molecule has 1 aliphatic carbocycles. The van der Waals surface area contributed by atoms with Gasteiger partial charge in [0.2, 0.25) is 5.91 Å². The Morgan fingerprint density at radius 3 is 2.72 bits per heavy atom. The van der Waals surface area contributed by atoms with E-state index < -0.39 is 23.0 Å². The lowest BCUT2D eigenvalue weighted by Crippen LogP contribution is -2.66. The molecule has 1 saturated heterocycles. The molecule has 2 fully saturated rings. The Labute approximate surface area is 203 Å². The first-order chi connectivity index (χ1) is 17.2. The number of rotatable bonds is 6. The van der Waals surface area contributed by atoms with Crippen molar-refractivity contribution < 1.29 is 18.0 Å². The average molecular weight is 497 g/mol. The van der Waals surface area contributed by atoms with Crippen LogP contribution in [0.25, 0.3) is 22.6 Å². The zero-order chi connectivity index (χ0) is 25.7. The molecule has 13 heteroatoms. The number of carbonyl (C=O) groups excluding carboxylic acids is 1. The molecule has 1 saturated carbocycles. The largest absolute Gasteiger partial charge is 0.404 e. The molecule has 0 atom stereocenters. The summed E-state index contributed by atoms with van der Waals surface area (Å²) in [7, 11) is 1.61. The number of allylic oxidation sites excluding steroid dienone is 1. The number of hydrogen-bond acceptors (Lipinski definition) is 7. The number of nitrogens with zero attached hydrogens (tertiary/aromatic N) is 8. The van der Waals surface area contributed by atoms with Gasteiger partial charge in [0, 0.05) is 62.8 Å². The second-order valence-electron chi connectivity index (χ2n) is 9.10. The Balaban J connectivity index is 1.47. The fraction of sp³-hybridized carbons (Fsp3) is 0.391. The van der Waals surface area contributed by atoms with Gasteiger partial charge in [-0.25, -0.2) is 9.97 Å². The summed E-state index contributed by atoms with van der Waals surface area (Å²) in [6.07, 6.45) is 4.56. The predicted molar refractivity (Wildman–Crippen MR) is 123 cm³/mol. The number of imidazole rings is 1. The molecule has 3 aromatic heterocycles. The molecular weight excluding hydrogens is 475 g/mol. The Bertz CT molecular complexity index is 1430. The van der Waals surface area contributed by atoms with E-state index in [1.807, 2.05) is 0 Å². The van der Waals surface area contributed by atoms with Crippen molar-refractivity contribution in [3.05, 3.63) is 42.7 Å². The molecule has 1 aliphatic heterocycles. The summed E-state index contributed by atoms with van der Waals surface area (Å²) in [5.41, 5.74) is 4.88. The maximum Gasteiger partial charge on any atom is 0.403 e. The third kappa shape index (κ3) is 3.52. The van der Waals surface area contributed by atoms with Crippen molar-refractivity contribution in [3.63, 3.8) is 0 Å². The maximum absolute atomic E-state index is 13.4. The van der Waals surface area contributed by atoms with Crippen LogP contribution in [0.15, 0.2) is 42.0 Å². The zero-order valence-electron chi connectivity index (χ0n) is 19.3. The first kappa shape index (κ1) is 23.5. The summed E-state index contributed by atoms with van der Waals surface area (Å²) in [4.78, 5) is 26.9. The number of alkyl halides is 3. The topological polar surface area (TPSA) is 130 Å². The first-order valence-corrected chi connectivity index (χ1v) is 11.2. The van der Waals surface area contributed by atoms with Gasteiger partial charge in [-0.05, 0) is 12.8 Å². The van der Waals surface area contributed by atoms with Crippen LogP contribution in [0.1, 0.15) is 25.0 Å². The highest BCUT2D eigenvalue weighted by Crippen LogP contribution is 2.59. The molecule has 2 N–H and O–H groups in total. The standard InChI is InChI=1S/C23H22F3N9O/c1-29-10-15(9-28)17-8-18-30-6-7-34(18)19(32-17)16-11-31-35(12-16)21(4-5-27)13-33(14-21)20(36)22(2-3-22)23(24,25)26/h6-12H,2-4,13-14,28H2,1H3. The van der Waals surface area contributed by atoms with Crippen molar-refractivity contribution in [2.24, 2.45) is 16.1 Å². The van der Waals surface area contributed by atoms with Gasteiger partial charge < -0.3 is 10.6 Å². The molecule has 0 radical (unpaired) electrons. The van der Waals surface area contributed by atoms with Crippen LogP contribution in [-0.4, -0.2) is 67.5 Å². The summed E-state index contributed by atoms with van der Waals surface area (Å²) < 4.78 is 43.6. The number of aliphatic imine (C=N–C) groups is 1. The lowest BCUT2D eigenvalue weighted by molar-refractivity contribution is -0.204. The van der Waals surface area contributed by atoms with E-state index in [-0.39, 0.29) is 32.4 Å². The summed E-state index contributed by atoms with van der Waals surface area (Å²) in [5, 5.41) is 13.9. The van der Waals surface area contributed by atoms with Crippen LogP contribution in [0.5, 0.6) is 0 Å².